The minimum absolute atomic E-state index is 0.265. The number of morpholine rings is 1. The normalized spacial score (nSPS) is 21.4. The van der Waals surface area contributed by atoms with Gasteiger partial charge < -0.3 is 9.84 Å². The quantitative estimate of drug-likeness (QED) is 0.858. The van der Waals surface area contributed by atoms with Crippen LogP contribution < -0.4 is 0 Å². The number of ether oxygens (including phenoxy) is 1. The van der Waals surface area contributed by atoms with E-state index in [0.29, 0.717) is 26.2 Å². The molecular weight excluding hydrogens is 225 g/mol. The molecule has 0 amide bonds. The number of halogens is 1. The molecule has 1 saturated heterocycles. The smallest absolute Gasteiger partial charge is 0.334 e. The van der Waals surface area contributed by atoms with Crippen molar-refractivity contribution >= 4 is 5.97 Å². The standard InChI is InChI=1S/C12H14FNO3/c13-10-3-1-9(2-4-10)7-14-5-6-17-11(8-14)12(15)16/h1-4,11H,5-8H2,(H,15,16). The Morgan fingerprint density at radius 2 is 2.18 bits per heavy atom. The molecule has 0 saturated carbocycles. The van der Waals surface area contributed by atoms with Crippen molar-refractivity contribution in [3.63, 3.8) is 0 Å². The number of hydrogen-bond donors (Lipinski definition) is 1. The molecule has 1 unspecified atom stereocenters. The predicted octanol–water partition coefficient (Wildman–Crippen LogP) is 1.11. The fraction of sp³-hybridized carbons (Fsp3) is 0.417. The number of hydrogen-bond acceptors (Lipinski definition) is 3. The summed E-state index contributed by atoms with van der Waals surface area (Å²) in [7, 11) is 0. The number of carboxylic acids is 1. The Labute approximate surface area is 98.6 Å². The van der Waals surface area contributed by atoms with E-state index in [0.717, 1.165) is 5.56 Å². The van der Waals surface area contributed by atoms with Crippen LogP contribution >= 0.6 is 0 Å². The Hall–Kier alpha value is -1.46. The molecule has 0 radical (unpaired) electrons. The van der Waals surface area contributed by atoms with Crippen molar-refractivity contribution in [2.45, 2.75) is 12.6 Å². The van der Waals surface area contributed by atoms with Crippen LogP contribution in [0.3, 0.4) is 0 Å². The molecule has 17 heavy (non-hydrogen) atoms. The van der Waals surface area contributed by atoms with Crippen LogP contribution in [0.25, 0.3) is 0 Å². The van der Waals surface area contributed by atoms with Gasteiger partial charge in [0.25, 0.3) is 0 Å². The van der Waals surface area contributed by atoms with Crippen molar-refractivity contribution in [3.05, 3.63) is 35.6 Å². The lowest BCUT2D eigenvalue weighted by atomic mass is 10.2. The maximum atomic E-state index is 12.7. The summed E-state index contributed by atoms with van der Waals surface area (Å²) < 4.78 is 17.8. The molecule has 0 spiro atoms. The summed E-state index contributed by atoms with van der Waals surface area (Å²) in [5, 5.41) is 8.86. The number of nitrogens with zero attached hydrogens (tertiary/aromatic N) is 1. The number of benzene rings is 1. The van der Waals surface area contributed by atoms with Crippen LogP contribution in [-0.2, 0) is 16.1 Å². The van der Waals surface area contributed by atoms with Crippen LogP contribution in [0.1, 0.15) is 5.56 Å². The molecule has 5 heteroatoms. The first kappa shape index (κ1) is 12.0. The lowest BCUT2D eigenvalue weighted by Gasteiger charge is -2.30. The molecule has 4 nitrogen and oxygen atoms in total. The molecule has 0 aromatic heterocycles. The third-order valence-electron chi connectivity index (χ3n) is 2.75. The van der Waals surface area contributed by atoms with E-state index in [9.17, 15) is 9.18 Å². The average Bonchev–Trinajstić information content (AvgIpc) is 2.32. The monoisotopic (exact) mass is 239 g/mol. The van der Waals surface area contributed by atoms with Crippen molar-refractivity contribution in [3.8, 4) is 0 Å². The summed E-state index contributed by atoms with van der Waals surface area (Å²) in [6.07, 6.45) is -0.760. The SMILES string of the molecule is O=C(O)C1CN(Cc2ccc(F)cc2)CCO1. The highest BCUT2D eigenvalue weighted by Gasteiger charge is 2.25. The van der Waals surface area contributed by atoms with Gasteiger partial charge in [-0.25, -0.2) is 9.18 Å². The van der Waals surface area contributed by atoms with Gasteiger partial charge in [0.05, 0.1) is 6.61 Å². The van der Waals surface area contributed by atoms with E-state index < -0.39 is 12.1 Å². The zero-order valence-electron chi connectivity index (χ0n) is 9.30. The van der Waals surface area contributed by atoms with E-state index >= 15 is 0 Å². The van der Waals surface area contributed by atoms with E-state index in [2.05, 4.69) is 0 Å². The Morgan fingerprint density at radius 1 is 1.47 bits per heavy atom. The van der Waals surface area contributed by atoms with Gasteiger partial charge in [-0.3, -0.25) is 4.90 Å². The topological polar surface area (TPSA) is 49.8 Å². The molecule has 1 aliphatic rings. The largest absolute Gasteiger partial charge is 0.479 e. The van der Waals surface area contributed by atoms with Crippen LogP contribution in [0.4, 0.5) is 4.39 Å². The summed E-state index contributed by atoms with van der Waals surface area (Å²) in [4.78, 5) is 12.8. The van der Waals surface area contributed by atoms with Gasteiger partial charge in [-0.05, 0) is 17.7 Å². The van der Waals surface area contributed by atoms with E-state index in [1.165, 1.54) is 12.1 Å². The zero-order valence-corrected chi connectivity index (χ0v) is 9.30. The van der Waals surface area contributed by atoms with Crippen molar-refractivity contribution in [2.24, 2.45) is 0 Å². The molecule has 1 heterocycles. The van der Waals surface area contributed by atoms with Crippen molar-refractivity contribution in [1.29, 1.82) is 0 Å². The second kappa shape index (κ2) is 5.25. The molecule has 1 aromatic carbocycles. The second-order valence-electron chi connectivity index (χ2n) is 4.06. The molecule has 0 bridgehead atoms. The lowest BCUT2D eigenvalue weighted by molar-refractivity contribution is -0.156. The number of rotatable bonds is 3. The highest BCUT2D eigenvalue weighted by Crippen LogP contribution is 2.11. The Kier molecular flexibility index (Phi) is 3.71. The highest BCUT2D eigenvalue weighted by molar-refractivity contribution is 5.72. The molecule has 1 fully saturated rings. The fourth-order valence-electron chi connectivity index (χ4n) is 1.84. The van der Waals surface area contributed by atoms with Gasteiger partial charge >= 0.3 is 5.97 Å². The molecule has 0 aliphatic carbocycles. The van der Waals surface area contributed by atoms with E-state index in [4.69, 9.17) is 9.84 Å². The van der Waals surface area contributed by atoms with Gasteiger partial charge in [-0.15, -0.1) is 0 Å². The molecular formula is C12H14FNO3. The molecule has 1 aromatic rings. The number of aliphatic carboxylic acids is 1. The van der Waals surface area contributed by atoms with Gasteiger partial charge in [0.15, 0.2) is 6.10 Å². The lowest BCUT2D eigenvalue weighted by Crippen LogP contribution is -2.45. The maximum Gasteiger partial charge on any atom is 0.334 e. The Bertz CT molecular complexity index is 393. The average molecular weight is 239 g/mol. The summed E-state index contributed by atoms with van der Waals surface area (Å²) in [5.41, 5.74) is 0.970. The minimum Gasteiger partial charge on any atom is -0.479 e. The van der Waals surface area contributed by atoms with Crippen molar-refractivity contribution < 1.29 is 19.0 Å². The molecule has 1 atom stereocenters. The number of carbonyl (C=O) groups is 1. The van der Waals surface area contributed by atoms with Crippen molar-refractivity contribution in [2.75, 3.05) is 19.7 Å². The second-order valence-corrected chi connectivity index (χ2v) is 4.06. The van der Waals surface area contributed by atoms with Crippen molar-refractivity contribution in [1.82, 2.24) is 4.90 Å². The first-order valence-corrected chi connectivity index (χ1v) is 5.46. The fourth-order valence-corrected chi connectivity index (χ4v) is 1.84. The summed E-state index contributed by atoms with van der Waals surface area (Å²) in [5.74, 6) is -1.20. The van der Waals surface area contributed by atoms with Crippen LogP contribution in [0.5, 0.6) is 0 Å². The number of carboxylic acid groups (broad SMARTS) is 1. The third-order valence-corrected chi connectivity index (χ3v) is 2.75. The summed E-state index contributed by atoms with van der Waals surface area (Å²) >= 11 is 0. The minimum atomic E-state index is -0.936. The van der Waals surface area contributed by atoms with Crippen LogP contribution in [0.2, 0.25) is 0 Å². The van der Waals surface area contributed by atoms with Gasteiger partial charge in [-0.1, -0.05) is 12.1 Å². The molecule has 1 aliphatic heterocycles. The Balaban J connectivity index is 1.94. The van der Waals surface area contributed by atoms with E-state index in [1.807, 2.05) is 4.90 Å². The predicted molar refractivity (Wildman–Crippen MR) is 59.1 cm³/mol. The molecule has 92 valence electrons. The van der Waals surface area contributed by atoms with E-state index in [-0.39, 0.29) is 5.82 Å². The van der Waals surface area contributed by atoms with Crippen LogP contribution in [0.15, 0.2) is 24.3 Å². The summed E-state index contributed by atoms with van der Waals surface area (Å²) in [6.45, 7) is 2.10. The third kappa shape index (κ3) is 3.25. The van der Waals surface area contributed by atoms with Crippen LogP contribution in [-0.4, -0.2) is 41.8 Å². The highest BCUT2D eigenvalue weighted by atomic mass is 19.1. The molecule has 2 rings (SSSR count). The van der Waals surface area contributed by atoms with Gasteiger partial charge in [0.1, 0.15) is 5.82 Å². The van der Waals surface area contributed by atoms with Gasteiger partial charge in [0.2, 0.25) is 0 Å². The van der Waals surface area contributed by atoms with Gasteiger partial charge in [0, 0.05) is 19.6 Å². The first-order chi connectivity index (χ1) is 8.15. The van der Waals surface area contributed by atoms with E-state index in [1.54, 1.807) is 12.1 Å². The van der Waals surface area contributed by atoms with Gasteiger partial charge in [-0.2, -0.15) is 0 Å². The first-order valence-electron chi connectivity index (χ1n) is 5.46. The maximum absolute atomic E-state index is 12.7. The Morgan fingerprint density at radius 3 is 2.82 bits per heavy atom. The molecule has 1 N–H and O–H groups in total. The summed E-state index contributed by atoms with van der Waals surface area (Å²) in [6, 6.07) is 6.23. The zero-order chi connectivity index (χ0) is 12.3. The van der Waals surface area contributed by atoms with Crippen LogP contribution in [0, 0.1) is 5.82 Å².